The summed E-state index contributed by atoms with van der Waals surface area (Å²) in [6, 6.07) is 20.5. The number of benzene rings is 3. The molecule has 11 heteroatoms. The van der Waals surface area contributed by atoms with E-state index >= 15 is 0 Å². The second-order valence-corrected chi connectivity index (χ2v) is 10.2. The summed E-state index contributed by atoms with van der Waals surface area (Å²) in [4.78, 5) is 11.3. The van der Waals surface area contributed by atoms with E-state index in [1.54, 1.807) is 30.3 Å². The minimum atomic E-state index is -0.641. The van der Waals surface area contributed by atoms with Gasteiger partial charge in [0.05, 0.1) is 23.3 Å². The summed E-state index contributed by atoms with van der Waals surface area (Å²) in [5.41, 5.74) is 3.73. The van der Waals surface area contributed by atoms with Crippen LogP contribution in [0.15, 0.2) is 65.8 Å². The maximum absolute atomic E-state index is 11.7. The number of hydrogen-bond acceptors (Lipinski definition) is 8. The van der Waals surface area contributed by atoms with Crippen molar-refractivity contribution in [3.63, 3.8) is 0 Å². The standard InChI is InChI=1S/C28H26ClN5O4S/c1-4-37-25-14-22(13-24(29)27(25)38-17-21-10-6-5-9-20(21)15-30)26(16-33(35)36)39-28-32-31-19(3)34(28)23-11-7-8-18(2)12-23/h5-14,26H,4,16-17H2,1-3H3/t26-/m0/s1. The molecule has 0 unspecified atom stereocenters. The molecular weight excluding hydrogens is 538 g/mol. The highest BCUT2D eigenvalue weighted by molar-refractivity contribution is 7.99. The normalized spacial score (nSPS) is 11.6. The van der Waals surface area contributed by atoms with Crippen LogP contribution in [0.4, 0.5) is 0 Å². The van der Waals surface area contributed by atoms with Crippen LogP contribution in [0.3, 0.4) is 0 Å². The molecule has 0 saturated carbocycles. The van der Waals surface area contributed by atoms with E-state index in [-0.39, 0.29) is 23.1 Å². The minimum Gasteiger partial charge on any atom is -0.490 e. The van der Waals surface area contributed by atoms with Gasteiger partial charge in [0.2, 0.25) is 6.54 Å². The lowest BCUT2D eigenvalue weighted by Gasteiger charge is -2.19. The molecular formula is C28H26ClN5O4S. The fourth-order valence-corrected chi connectivity index (χ4v) is 5.47. The lowest BCUT2D eigenvalue weighted by atomic mass is 10.1. The molecule has 4 rings (SSSR count). The Kier molecular flexibility index (Phi) is 9.07. The molecule has 0 aliphatic carbocycles. The molecule has 4 aromatic rings. The molecule has 0 bridgehead atoms. The molecule has 1 aromatic heterocycles. The molecule has 0 aliphatic rings. The number of aryl methyl sites for hydroxylation is 2. The molecule has 0 amide bonds. The average Bonchev–Trinajstić information content (AvgIpc) is 3.27. The van der Waals surface area contributed by atoms with Crippen LogP contribution in [0.1, 0.15) is 40.3 Å². The number of nitrogens with zero attached hydrogens (tertiary/aromatic N) is 5. The van der Waals surface area contributed by atoms with Crippen molar-refractivity contribution < 1.29 is 14.4 Å². The van der Waals surface area contributed by atoms with E-state index in [1.807, 2.05) is 55.7 Å². The van der Waals surface area contributed by atoms with E-state index in [4.69, 9.17) is 21.1 Å². The number of rotatable bonds is 11. The van der Waals surface area contributed by atoms with Crippen molar-refractivity contribution in [1.29, 1.82) is 5.26 Å². The monoisotopic (exact) mass is 563 g/mol. The van der Waals surface area contributed by atoms with Crippen LogP contribution >= 0.6 is 23.4 Å². The summed E-state index contributed by atoms with van der Waals surface area (Å²) in [6.07, 6.45) is 0. The highest BCUT2D eigenvalue weighted by atomic mass is 35.5. The van der Waals surface area contributed by atoms with Crippen LogP contribution in [0.5, 0.6) is 11.5 Å². The third-order valence-electron chi connectivity index (χ3n) is 5.83. The van der Waals surface area contributed by atoms with Crippen LogP contribution in [-0.2, 0) is 6.61 Å². The summed E-state index contributed by atoms with van der Waals surface area (Å²) >= 11 is 7.89. The van der Waals surface area contributed by atoms with Crippen LogP contribution < -0.4 is 9.47 Å². The zero-order valence-corrected chi connectivity index (χ0v) is 23.2. The van der Waals surface area contributed by atoms with Crippen LogP contribution in [-0.4, -0.2) is 32.8 Å². The number of nitriles is 1. The van der Waals surface area contributed by atoms with Crippen molar-refractivity contribution in [2.24, 2.45) is 0 Å². The van der Waals surface area contributed by atoms with E-state index in [0.717, 1.165) is 11.3 Å². The number of nitro groups is 1. The number of hydrogen-bond donors (Lipinski definition) is 0. The van der Waals surface area contributed by atoms with Gasteiger partial charge in [-0.3, -0.25) is 14.7 Å². The van der Waals surface area contributed by atoms with Crippen molar-refractivity contribution in [2.45, 2.75) is 37.8 Å². The lowest BCUT2D eigenvalue weighted by molar-refractivity contribution is -0.479. The van der Waals surface area contributed by atoms with Gasteiger partial charge >= 0.3 is 0 Å². The predicted octanol–water partition coefficient (Wildman–Crippen LogP) is 6.50. The molecule has 3 aromatic carbocycles. The van der Waals surface area contributed by atoms with Gasteiger partial charge in [0.15, 0.2) is 16.7 Å². The van der Waals surface area contributed by atoms with Crippen LogP contribution in [0.25, 0.3) is 5.69 Å². The van der Waals surface area contributed by atoms with Crippen molar-refractivity contribution in [2.75, 3.05) is 13.2 Å². The van der Waals surface area contributed by atoms with Gasteiger partial charge in [0, 0.05) is 16.2 Å². The van der Waals surface area contributed by atoms with Gasteiger partial charge in [-0.25, -0.2) is 0 Å². The van der Waals surface area contributed by atoms with Crippen molar-refractivity contribution >= 4 is 23.4 Å². The Bertz CT molecular complexity index is 1530. The summed E-state index contributed by atoms with van der Waals surface area (Å²) in [5, 5.41) is 29.7. The maximum Gasteiger partial charge on any atom is 0.220 e. The fraction of sp³-hybridized carbons (Fsp3) is 0.250. The molecule has 0 spiro atoms. The quantitative estimate of drug-likeness (QED) is 0.115. The van der Waals surface area contributed by atoms with Gasteiger partial charge in [-0.05, 0) is 62.2 Å². The molecule has 0 radical (unpaired) electrons. The van der Waals surface area contributed by atoms with E-state index in [0.29, 0.717) is 45.8 Å². The predicted molar refractivity (Wildman–Crippen MR) is 149 cm³/mol. The van der Waals surface area contributed by atoms with Crippen LogP contribution in [0, 0.1) is 35.3 Å². The molecule has 39 heavy (non-hydrogen) atoms. The zero-order valence-electron chi connectivity index (χ0n) is 21.6. The molecule has 200 valence electrons. The van der Waals surface area contributed by atoms with Crippen molar-refractivity contribution in [3.8, 4) is 23.3 Å². The Morgan fingerprint density at radius 3 is 2.64 bits per heavy atom. The van der Waals surface area contributed by atoms with Gasteiger partial charge in [-0.2, -0.15) is 5.26 Å². The van der Waals surface area contributed by atoms with Gasteiger partial charge in [-0.15, -0.1) is 10.2 Å². The molecule has 0 fully saturated rings. The van der Waals surface area contributed by atoms with Gasteiger partial charge < -0.3 is 9.47 Å². The number of ether oxygens (including phenoxy) is 2. The molecule has 0 saturated heterocycles. The Balaban J connectivity index is 1.69. The lowest BCUT2D eigenvalue weighted by Crippen LogP contribution is -2.12. The summed E-state index contributed by atoms with van der Waals surface area (Å²) in [6.45, 7) is 5.72. The topological polar surface area (TPSA) is 116 Å². The molecule has 0 aliphatic heterocycles. The van der Waals surface area contributed by atoms with E-state index in [9.17, 15) is 15.4 Å². The van der Waals surface area contributed by atoms with Gasteiger partial charge in [0.25, 0.3) is 0 Å². The minimum absolute atomic E-state index is 0.106. The number of halogens is 1. The third-order valence-corrected chi connectivity index (χ3v) is 7.29. The second-order valence-electron chi connectivity index (χ2n) is 8.65. The molecule has 9 nitrogen and oxygen atoms in total. The highest BCUT2D eigenvalue weighted by Gasteiger charge is 2.26. The second kappa shape index (κ2) is 12.7. The average molecular weight is 564 g/mol. The molecule has 1 atom stereocenters. The zero-order chi connectivity index (χ0) is 27.9. The smallest absolute Gasteiger partial charge is 0.220 e. The Labute approximate surface area is 235 Å². The fourth-order valence-electron chi connectivity index (χ4n) is 4.04. The maximum atomic E-state index is 11.7. The third kappa shape index (κ3) is 6.69. The first-order valence-electron chi connectivity index (χ1n) is 12.1. The molecule has 0 N–H and O–H groups in total. The SMILES string of the molecule is CCOc1cc([C@H](C[N+](=O)[O-])Sc2nnc(C)n2-c2cccc(C)c2)cc(Cl)c1OCc1ccccc1C#N. The highest BCUT2D eigenvalue weighted by Crippen LogP contribution is 2.43. The summed E-state index contributed by atoms with van der Waals surface area (Å²) in [7, 11) is 0. The van der Waals surface area contributed by atoms with Gasteiger partial charge in [0.1, 0.15) is 17.7 Å². The van der Waals surface area contributed by atoms with E-state index in [2.05, 4.69) is 16.3 Å². The van der Waals surface area contributed by atoms with E-state index < -0.39 is 5.25 Å². The molecule has 1 heterocycles. The Morgan fingerprint density at radius 2 is 1.92 bits per heavy atom. The van der Waals surface area contributed by atoms with E-state index in [1.165, 1.54) is 11.8 Å². The summed E-state index contributed by atoms with van der Waals surface area (Å²) < 4.78 is 13.7. The first kappa shape index (κ1) is 28.0. The first-order chi connectivity index (χ1) is 18.8. The Hall–Kier alpha value is -4.07. The Morgan fingerprint density at radius 1 is 1.13 bits per heavy atom. The number of thioether (sulfide) groups is 1. The van der Waals surface area contributed by atoms with Crippen LogP contribution in [0.2, 0.25) is 5.02 Å². The number of aromatic nitrogens is 3. The van der Waals surface area contributed by atoms with Gasteiger partial charge in [-0.1, -0.05) is 53.7 Å². The van der Waals surface area contributed by atoms with Crippen molar-refractivity contribution in [3.05, 3.63) is 104 Å². The largest absolute Gasteiger partial charge is 0.490 e. The summed E-state index contributed by atoms with van der Waals surface area (Å²) in [5.74, 6) is 1.33. The first-order valence-corrected chi connectivity index (χ1v) is 13.4. The van der Waals surface area contributed by atoms with Crippen molar-refractivity contribution in [1.82, 2.24) is 14.8 Å².